The van der Waals surface area contributed by atoms with Gasteiger partial charge in [-0.15, -0.1) is 0 Å². The zero-order valence-corrected chi connectivity index (χ0v) is 11.8. The van der Waals surface area contributed by atoms with E-state index in [1.165, 1.54) is 16.3 Å². The summed E-state index contributed by atoms with van der Waals surface area (Å²) in [5, 5.41) is 5.75. The van der Waals surface area contributed by atoms with Gasteiger partial charge in [0.05, 0.1) is 7.11 Å². The highest BCUT2D eigenvalue weighted by Crippen LogP contribution is 2.25. The van der Waals surface area contributed by atoms with Crippen LogP contribution in [-0.2, 0) is 0 Å². The Labute approximate surface area is 114 Å². The standard InChI is InChI=1S/C16H22N2O/c1-11(17)8-16(18-2)14-5-4-13-10-15(19-3)7-6-12(13)9-14/h4-7,9-11,16,18H,8,17H2,1-3H3. The second kappa shape index (κ2) is 6.04. The predicted octanol–water partition coefficient (Wildman–Crippen LogP) is 2.85. The van der Waals surface area contributed by atoms with Crippen molar-refractivity contribution in [3.63, 3.8) is 0 Å². The largest absolute Gasteiger partial charge is 0.497 e. The molecule has 0 bridgehead atoms. The molecule has 2 aromatic rings. The lowest BCUT2D eigenvalue weighted by Crippen LogP contribution is -2.25. The van der Waals surface area contributed by atoms with Gasteiger partial charge in [-0.25, -0.2) is 0 Å². The molecule has 0 radical (unpaired) electrons. The molecule has 0 saturated heterocycles. The van der Waals surface area contributed by atoms with Crippen molar-refractivity contribution in [2.45, 2.75) is 25.4 Å². The minimum absolute atomic E-state index is 0.184. The lowest BCUT2D eigenvalue weighted by Gasteiger charge is -2.19. The lowest BCUT2D eigenvalue weighted by molar-refractivity contribution is 0.415. The SMILES string of the molecule is CNC(CC(C)N)c1ccc2cc(OC)ccc2c1. The molecule has 3 heteroatoms. The van der Waals surface area contributed by atoms with Crippen LogP contribution in [0.3, 0.4) is 0 Å². The first kappa shape index (κ1) is 13.8. The van der Waals surface area contributed by atoms with Gasteiger partial charge in [-0.05, 0) is 54.9 Å². The lowest BCUT2D eigenvalue weighted by atomic mass is 9.97. The van der Waals surface area contributed by atoms with Crippen molar-refractivity contribution in [2.75, 3.05) is 14.2 Å². The van der Waals surface area contributed by atoms with E-state index in [1.807, 2.05) is 20.0 Å². The maximum Gasteiger partial charge on any atom is 0.119 e. The average molecular weight is 258 g/mol. The van der Waals surface area contributed by atoms with Crippen molar-refractivity contribution in [3.05, 3.63) is 42.0 Å². The van der Waals surface area contributed by atoms with Crippen molar-refractivity contribution < 1.29 is 4.74 Å². The molecule has 0 aliphatic carbocycles. The predicted molar refractivity (Wildman–Crippen MR) is 80.6 cm³/mol. The summed E-state index contributed by atoms with van der Waals surface area (Å²) < 4.78 is 5.24. The number of nitrogens with one attached hydrogen (secondary N) is 1. The molecule has 0 amide bonds. The third-order valence-electron chi connectivity index (χ3n) is 3.43. The van der Waals surface area contributed by atoms with E-state index in [2.05, 4.69) is 35.6 Å². The Bertz CT molecular complexity index is 551. The fourth-order valence-electron chi connectivity index (χ4n) is 2.38. The van der Waals surface area contributed by atoms with Crippen molar-refractivity contribution in [1.29, 1.82) is 0 Å². The van der Waals surface area contributed by atoms with Crippen molar-refractivity contribution in [3.8, 4) is 5.75 Å². The quantitative estimate of drug-likeness (QED) is 0.867. The fourth-order valence-corrected chi connectivity index (χ4v) is 2.38. The molecule has 2 unspecified atom stereocenters. The van der Waals surface area contributed by atoms with Crippen LogP contribution in [-0.4, -0.2) is 20.2 Å². The Morgan fingerprint density at radius 2 is 1.84 bits per heavy atom. The Morgan fingerprint density at radius 1 is 1.16 bits per heavy atom. The molecule has 0 aliphatic heterocycles. The van der Waals surface area contributed by atoms with E-state index in [4.69, 9.17) is 10.5 Å². The van der Waals surface area contributed by atoms with Crippen LogP contribution in [0, 0.1) is 0 Å². The van der Waals surface area contributed by atoms with Crippen LogP contribution in [0.5, 0.6) is 5.75 Å². The van der Waals surface area contributed by atoms with E-state index in [0.29, 0.717) is 6.04 Å². The number of fused-ring (bicyclic) bond motifs is 1. The monoisotopic (exact) mass is 258 g/mol. The van der Waals surface area contributed by atoms with Gasteiger partial charge < -0.3 is 15.8 Å². The first-order chi connectivity index (χ1) is 9.13. The van der Waals surface area contributed by atoms with Crippen LogP contribution < -0.4 is 15.8 Å². The summed E-state index contributed by atoms with van der Waals surface area (Å²) in [7, 11) is 3.67. The molecule has 0 aliphatic rings. The van der Waals surface area contributed by atoms with Crippen LogP contribution in [0.4, 0.5) is 0 Å². The van der Waals surface area contributed by atoms with E-state index in [0.717, 1.165) is 12.2 Å². The van der Waals surface area contributed by atoms with Gasteiger partial charge in [0.25, 0.3) is 0 Å². The minimum Gasteiger partial charge on any atom is -0.497 e. The first-order valence-electron chi connectivity index (χ1n) is 6.64. The molecule has 0 heterocycles. The summed E-state index contributed by atoms with van der Waals surface area (Å²) >= 11 is 0. The van der Waals surface area contributed by atoms with Gasteiger partial charge in [-0.3, -0.25) is 0 Å². The minimum atomic E-state index is 0.184. The third kappa shape index (κ3) is 3.25. The Morgan fingerprint density at radius 3 is 2.47 bits per heavy atom. The smallest absolute Gasteiger partial charge is 0.119 e. The number of methoxy groups -OCH3 is 1. The number of rotatable bonds is 5. The molecule has 2 atom stereocenters. The molecule has 102 valence electrons. The number of ether oxygens (including phenoxy) is 1. The number of hydrogen-bond donors (Lipinski definition) is 2. The molecule has 2 aromatic carbocycles. The average Bonchev–Trinajstić information content (AvgIpc) is 2.43. The topological polar surface area (TPSA) is 47.3 Å². The molecule has 0 saturated carbocycles. The zero-order chi connectivity index (χ0) is 13.8. The fraction of sp³-hybridized carbons (Fsp3) is 0.375. The van der Waals surface area contributed by atoms with Crippen LogP contribution >= 0.6 is 0 Å². The van der Waals surface area contributed by atoms with Gasteiger partial charge in [0.15, 0.2) is 0 Å². The van der Waals surface area contributed by atoms with Gasteiger partial charge in [0.2, 0.25) is 0 Å². The van der Waals surface area contributed by atoms with E-state index in [1.54, 1.807) is 7.11 Å². The highest BCUT2D eigenvalue weighted by molar-refractivity contribution is 5.84. The zero-order valence-electron chi connectivity index (χ0n) is 11.8. The van der Waals surface area contributed by atoms with Crippen LogP contribution in [0.25, 0.3) is 10.8 Å². The highest BCUT2D eigenvalue weighted by Gasteiger charge is 2.11. The van der Waals surface area contributed by atoms with Gasteiger partial charge in [0, 0.05) is 12.1 Å². The third-order valence-corrected chi connectivity index (χ3v) is 3.43. The maximum absolute atomic E-state index is 5.90. The molecule has 0 fully saturated rings. The number of hydrogen-bond acceptors (Lipinski definition) is 3. The summed E-state index contributed by atoms with van der Waals surface area (Å²) in [4.78, 5) is 0. The Balaban J connectivity index is 2.35. The molecule has 2 rings (SSSR count). The molecule has 0 spiro atoms. The molecule has 0 aromatic heterocycles. The number of nitrogens with two attached hydrogens (primary N) is 1. The summed E-state index contributed by atoms with van der Waals surface area (Å²) in [6.07, 6.45) is 0.929. The van der Waals surface area contributed by atoms with Crippen molar-refractivity contribution >= 4 is 10.8 Å². The van der Waals surface area contributed by atoms with Gasteiger partial charge in [-0.2, -0.15) is 0 Å². The summed E-state index contributed by atoms with van der Waals surface area (Å²) in [6, 6.07) is 13.1. The molecular formula is C16H22N2O. The normalized spacial score (nSPS) is 14.3. The Hall–Kier alpha value is -1.58. The summed E-state index contributed by atoms with van der Waals surface area (Å²) in [6.45, 7) is 2.04. The summed E-state index contributed by atoms with van der Waals surface area (Å²) in [5.41, 5.74) is 7.18. The highest BCUT2D eigenvalue weighted by atomic mass is 16.5. The van der Waals surface area contributed by atoms with Crippen molar-refractivity contribution in [2.24, 2.45) is 5.73 Å². The van der Waals surface area contributed by atoms with E-state index < -0.39 is 0 Å². The van der Waals surface area contributed by atoms with Crippen LogP contribution in [0.15, 0.2) is 36.4 Å². The van der Waals surface area contributed by atoms with E-state index in [-0.39, 0.29) is 6.04 Å². The second-order valence-corrected chi connectivity index (χ2v) is 5.03. The van der Waals surface area contributed by atoms with Crippen molar-refractivity contribution in [1.82, 2.24) is 5.32 Å². The second-order valence-electron chi connectivity index (χ2n) is 5.03. The maximum atomic E-state index is 5.90. The van der Waals surface area contributed by atoms with Gasteiger partial charge >= 0.3 is 0 Å². The molecule has 3 N–H and O–H groups in total. The van der Waals surface area contributed by atoms with Crippen LogP contribution in [0.2, 0.25) is 0 Å². The molecule has 3 nitrogen and oxygen atoms in total. The molecular weight excluding hydrogens is 236 g/mol. The summed E-state index contributed by atoms with van der Waals surface area (Å²) in [5.74, 6) is 0.890. The van der Waals surface area contributed by atoms with E-state index >= 15 is 0 Å². The number of benzene rings is 2. The van der Waals surface area contributed by atoms with Gasteiger partial charge in [-0.1, -0.05) is 18.2 Å². The molecule has 19 heavy (non-hydrogen) atoms. The van der Waals surface area contributed by atoms with Gasteiger partial charge in [0.1, 0.15) is 5.75 Å². The first-order valence-corrected chi connectivity index (χ1v) is 6.64. The van der Waals surface area contributed by atoms with E-state index in [9.17, 15) is 0 Å². The van der Waals surface area contributed by atoms with Crippen LogP contribution in [0.1, 0.15) is 24.9 Å². The Kier molecular flexibility index (Phi) is 4.40.